The topological polar surface area (TPSA) is 44.8 Å². The van der Waals surface area contributed by atoms with Crippen molar-refractivity contribution in [1.82, 2.24) is 4.90 Å². The monoisotopic (exact) mass is 517 g/mol. The number of aryl methyl sites for hydroxylation is 1. The molecule has 1 amide bonds. The smallest absolute Gasteiger partial charge is 0.248 e. The number of ether oxygens (including phenoxy) is 1. The van der Waals surface area contributed by atoms with Gasteiger partial charge in [0, 0.05) is 50.2 Å². The Morgan fingerprint density at radius 2 is 1.56 bits per heavy atom. The molecule has 1 fully saturated rings. The molecule has 5 rings (SSSR count). The van der Waals surface area contributed by atoms with Crippen LogP contribution in [-0.2, 0) is 11.3 Å². The third kappa shape index (κ3) is 7.15. The summed E-state index contributed by atoms with van der Waals surface area (Å²) in [4.78, 5) is 17.4. The van der Waals surface area contributed by atoms with Crippen LogP contribution in [-0.4, -0.2) is 44.1 Å². The summed E-state index contributed by atoms with van der Waals surface area (Å²) in [7, 11) is 1.69. The van der Waals surface area contributed by atoms with Crippen molar-refractivity contribution in [2.24, 2.45) is 0 Å². The molecular weight excluding hydrogens is 482 g/mol. The van der Waals surface area contributed by atoms with Crippen molar-refractivity contribution < 1.29 is 9.53 Å². The van der Waals surface area contributed by atoms with Gasteiger partial charge in [-0.05, 0) is 77.7 Å². The van der Waals surface area contributed by atoms with E-state index in [-0.39, 0.29) is 5.91 Å². The van der Waals surface area contributed by atoms with Gasteiger partial charge in [-0.15, -0.1) is 0 Å². The number of carbonyl (C=O) groups is 1. The first-order valence-corrected chi connectivity index (χ1v) is 13.4. The maximum absolute atomic E-state index is 12.5. The third-order valence-corrected chi connectivity index (χ3v) is 7.14. The Kier molecular flexibility index (Phi) is 8.39. The van der Waals surface area contributed by atoms with Gasteiger partial charge in [-0.1, -0.05) is 60.2 Å². The lowest BCUT2D eigenvalue weighted by molar-refractivity contribution is -0.111. The third-order valence-electron chi connectivity index (χ3n) is 7.14. The lowest BCUT2D eigenvalue weighted by Crippen LogP contribution is -2.45. The molecule has 0 aromatic heterocycles. The summed E-state index contributed by atoms with van der Waals surface area (Å²) in [6.45, 7) is 7.02. The number of benzene rings is 4. The van der Waals surface area contributed by atoms with Crippen LogP contribution in [0.3, 0.4) is 0 Å². The van der Waals surface area contributed by atoms with Crippen LogP contribution in [0.15, 0.2) is 103 Å². The van der Waals surface area contributed by atoms with Crippen LogP contribution >= 0.6 is 0 Å². The maximum atomic E-state index is 12.5. The molecular formula is C34H35N3O2. The summed E-state index contributed by atoms with van der Waals surface area (Å²) in [5.74, 6) is 0.745. The Morgan fingerprint density at radius 3 is 2.26 bits per heavy atom. The highest BCUT2D eigenvalue weighted by Gasteiger charge is 2.17. The summed E-state index contributed by atoms with van der Waals surface area (Å²) >= 11 is 0. The highest BCUT2D eigenvalue weighted by molar-refractivity contribution is 6.02. The number of hydrogen-bond donors (Lipinski definition) is 1. The molecule has 1 heterocycles. The van der Waals surface area contributed by atoms with E-state index in [1.165, 1.54) is 22.4 Å². The van der Waals surface area contributed by atoms with Gasteiger partial charge in [0.05, 0.1) is 7.11 Å². The van der Waals surface area contributed by atoms with Crippen LogP contribution in [0.1, 0.15) is 16.7 Å². The van der Waals surface area contributed by atoms with E-state index in [1.807, 2.05) is 42.5 Å². The molecule has 4 aromatic carbocycles. The van der Waals surface area contributed by atoms with Gasteiger partial charge in [0.1, 0.15) is 5.75 Å². The summed E-state index contributed by atoms with van der Waals surface area (Å²) in [6, 6.07) is 33.1. The van der Waals surface area contributed by atoms with Crippen molar-refractivity contribution in [3.05, 3.63) is 120 Å². The number of hydrogen-bond acceptors (Lipinski definition) is 4. The molecule has 0 bridgehead atoms. The van der Waals surface area contributed by atoms with E-state index in [2.05, 4.69) is 82.7 Å². The van der Waals surface area contributed by atoms with E-state index in [0.29, 0.717) is 0 Å². The lowest BCUT2D eigenvalue weighted by atomic mass is 10.0. The average Bonchev–Trinajstić information content (AvgIpc) is 2.98. The van der Waals surface area contributed by atoms with Crippen LogP contribution in [0.4, 0.5) is 11.4 Å². The second-order valence-electron chi connectivity index (χ2n) is 9.97. The van der Waals surface area contributed by atoms with Crippen molar-refractivity contribution in [3.63, 3.8) is 0 Å². The fourth-order valence-corrected chi connectivity index (χ4v) is 4.83. The standard InChI is InChI=1S/C34H35N3O2/c1-26-6-11-29(12-7-26)30-5-3-4-27(24-30)10-19-34(38)35-31-13-8-28(9-14-31)25-36-20-22-37(23-21-36)32-15-17-33(39-2)18-16-32/h3-19,24H,20-23,25H2,1-2H3,(H,35,38)/b19-10+. The van der Waals surface area contributed by atoms with Crippen molar-refractivity contribution in [2.45, 2.75) is 13.5 Å². The van der Waals surface area contributed by atoms with Gasteiger partial charge in [-0.3, -0.25) is 9.69 Å². The number of carbonyl (C=O) groups excluding carboxylic acids is 1. The molecule has 198 valence electrons. The minimum absolute atomic E-state index is 0.141. The number of nitrogens with one attached hydrogen (secondary N) is 1. The number of anilines is 2. The fourth-order valence-electron chi connectivity index (χ4n) is 4.83. The molecule has 39 heavy (non-hydrogen) atoms. The molecule has 5 nitrogen and oxygen atoms in total. The first-order chi connectivity index (χ1) is 19.1. The quantitative estimate of drug-likeness (QED) is 0.266. The first kappa shape index (κ1) is 26.3. The van der Waals surface area contributed by atoms with Crippen molar-refractivity contribution in [1.29, 1.82) is 0 Å². The van der Waals surface area contributed by atoms with E-state index in [1.54, 1.807) is 13.2 Å². The molecule has 1 aliphatic rings. The Balaban J connectivity index is 1.10. The molecule has 1 N–H and O–H groups in total. The van der Waals surface area contributed by atoms with Gasteiger partial charge < -0.3 is 15.0 Å². The normalized spacial score (nSPS) is 13.9. The minimum atomic E-state index is -0.141. The molecule has 1 aliphatic heterocycles. The Bertz CT molecular complexity index is 1400. The van der Waals surface area contributed by atoms with E-state index in [0.717, 1.165) is 55.3 Å². The molecule has 0 atom stereocenters. The highest BCUT2D eigenvalue weighted by Crippen LogP contribution is 2.23. The van der Waals surface area contributed by atoms with Crippen molar-refractivity contribution >= 4 is 23.4 Å². The molecule has 5 heteroatoms. The van der Waals surface area contributed by atoms with Crippen LogP contribution in [0.5, 0.6) is 5.75 Å². The number of rotatable bonds is 8. The summed E-state index contributed by atoms with van der Waals surface area (Å²) in [5, 5.41) is 2.97. The molecule has 0 radical (unpaired) electrons. The zero-order valence-electron chi connectivity index (χ0n) is 22.6. The van der Waals surface area contributed by atoms with Gasteiger partial charge in [0.2, 0.25) is 5.91 Å². The van der Waals surface area contributed by atoms with Crippen molar-refractivity contribution in [3.8, 4) is 16.9 Å². The second-order valence-corrected chi connectivity index (χ2v) is 9.97. The molecule has 0 aliphatic carbocycles. The first-order valence-electron chi connectivity index (χ1n) is 13.4. The minimum Gasteiger partial charge on any atom is -0.497 e. The van der Waals surface area contributed by atoms with Crippen LogP contribution in [0.25, 0.3) is 17.2 Å². The van der Waals surface area contributed by atoms with Crippen LogP contribution < -0.4 is 15.0 Å². The van der Waals surface area contributed by atoms with Crippen molar-refractivity contribution in [2.75, 3.05) is 43.5 Å². The molecule has 1 saturated heterocycles. The Labute approximate surface area is 231 Å². The fraction of sp³-hybridized carbons (Fsp3) is 0.206. The van der Waals surface area contributed by atoms with Gasteiger partial charge in [-0.2, -0.15) is 0 Å². The van der Waals surface area contributed by atoms with Crippen LogP contribution in [0, 0.1) is 6.92 Å². The molecule has 0 saturated carbocycles. The highest BCUT2D eigenvalue weighted by atomic mass is 16.5. The predicted molar refractivity (Wildman–Crippen MR) is 161 cm³/mol. The Hall–Kier alpha value is -4.35. The van der Waals surface area contributed by atoms with Gasteiger partial charge in [-0.25, -0.2) is 0 Å². The number of methoxy groups -OCH3 is 1. The maximum Gasteiger partial charge on any atom is 0.248 e. The van der Waals surface area contributed by atoms with E-state index < -0.39 is 0 Å². The zero-order chi connectivity index (χ0) is 27.0. The van der Waals surface area contributed by atoms with E-state index in [9.17, 15) is 4.79 Å². The lowest BCUT2D eigenvalue weighted by Gasteiger charge is -2.36. The summed E-state index contributed by atoms with van der Waals surface area (Å²) in [6.07, 6.45) is 3.44. The molecule has 0 spiro atoms. The Morgan fingerprint density at radius 1 is 0.846 bits per heavy atom. The summed E-state index contributed by atoms with van der Waals surface area (Å²) in [5.41, 5.74) is 7.81. The number of nitrogens with zero attached hydrogens (tertiary/aromatic N) is 2. The predicted octanol–water partition coefficient (Wildman–Crippen LogP) is 6.64. The van der Waals surface area contributed by atoms with E-state index in [4.69, 9.17) is 4.74 Å². The zero-order valence-corrected chi connectivity index (χ0v) is 22.6. The summed E-state index contributed by atoms with van der Waals surface area (Å²) < 4.78 is 5.27. The number of amides is 1. The van der Waals surface area contributed by atoms with E-state index >= 15 is 0 Å². The van der Waals surface area contributed by atoms with Gasteiger partial charge in [0.25, 0.3) is 0 Å². The SMILES string of the molecule is COc1ccc(N2CCN(Cc3ccc(NC(=O)/C=C/c4cccc(-c5ccc(C)cc5)c4)cc3)CC2)cc1. The van der Waals surface area contributed by atoms with Gasteiger partial charge in [0.15, 0.2) is 0 Å². The second kappa shape index (κ2) is 12.5. The molecule has 0 unspecified atom stereocenters. The van der Waals surface area contributed by atoms with Gasteiger partial charge >= 0.3 is 0 Å². The average molecular weight is 518 g/mol. The largest absolute Gasteiger partial charge is 0.497 e. The van der Waals surface area contributed by atoms with Crippen LogP contribution in [0.2, 0.25) is 0 Å². The number of piperazine rings is 1. The molecule has 4 aromatic rings.